The zero-order chi connectivity index (χ0) is 25.9. The Morgan fingerprint density at radius 2 is 1.51 bits per heavy atom. The summed E-state index contributed by atoms with van der Waals surface area (Å²) in [5.41, 5.74) is -0.409. The Morgan fingerprint density at radius 1 is 0.943 bits per heavy atom. The number of Topliss-reactive ketones (excluding diaryl/α,β-unsaturated/α-hetero) is 2. The number of imide groups is 1. The fourth-order valence-corrected chi connectivity index (χ4v) is 3.59. The number of carbonyl (C=O) groups is 5. The van der Waals surface area contributed by atoms with E-state index in [9.17, 15) is 36.9 Å². The number of amides is 3. The van der Waals surface area contributed by atoms with Gasteiger partial charge in [-0.1, -0.05) is 0 Å². The number of piperidine rings is 2. The molecular weight excluding hydrogens is 488 g/mol. The Labute approximate surface area is 196 Å². The highest BCUT2D eigenvalue weighted by atomic mass is 32.2. The second-order valence-corrected chi connectivity index (χ2v) is 8.55. The lowest BCUT2D eigenvalue weighted by molar-refractivity contribution is -0.140. The Kier molecular flexibility index (Phi) is 6.98. The van der Waals surface area contributed by atoms with Gasteiger partial charge in [-0.15, -0.1) is 0 Å². The molecule has 2 fully saturated rings. The van der Waals surface area contributed by atoms with Crippen molar-refractivity contribution in [2.75, 3.05) is 0 Å². The molecule has 1 aromatic carbocycles. The predicted molar refractivity (Wildman–Crippen MR) is 111 cm³/mol. The van der Waals surface area contributed by atoms with Crippen LogP contribution in [0.5, 0.6) is 0 Å². The topological polar surface area (TPSA) is 249 Å². The third-order valence-corrected chi connectivity index (χ3v) is 5.50. The molecule has 2 atom stereocenters. The van der Waals surface area contributed by atoms with E-state index in [0.29, 0.717) is 0 Å². The van der Waals surface area contributed by atoms with Crippen molar-refractivity contribution in [2.24, 2.45) is 25.4 Å². The number of benzene rings is 1. The number of hydrogen-bond donors (Lipinski definition) is 3. The number of nitrogens with zero attached hydrogens (tertiary/aromatic N) is 6. The second-order valence-electron chi connectivity index (χ2n) is 7.16. The van der Waals surface area contributed by atoms with Crippen molar-refractivity contribution in [3.05, 3.63) is 17.7 Å². The van der Waals surface area contributed by atoms with E-state index in [1.54, 1.807) is 0 Å². The minimum absolute atomic E-state index is 0.169. The van der Waals surface area contributed by atoms with Crippen molar-refractivity contribution in [2.45, 2.75) is 36.7 Å². The van der Waals surface area contributed by atoms with Crippen LogP contribution < -0.4 is 10.6 Å². The van der Waals surface area contributed by atoms with Crippen LogP contribution in [-0.4, -0.2) is 60.2 Å². The number of aliphatic imine (C=N–C) groups is 1. The van der Waals surface area contributed by atoms with Crippen molar-refractivity contribution in [1.82, 2.24) is 10.6 Å². The first-order valence-corrected chi connectivity index (χ1v) is 10.9. The summed E-state index contributed by atoms with van der Waals surface area (Å²) in [5.74, 6) is -4.46. The molecule has 17 heteroatoms. The molecule has 2 saturated heterocycles. The molecule has 2 aliphatic heterocycles. The number of ketones is 2. The van der Waals surface area contributed by atoms with Crippen LogP contribution in [0.15, 0.2) is 42.5 Å². The minimum atomic E-state index is -4.93. The Bertz CT molecular complexity index is 1370. The number of rotatable bonds is 5. The molecule has 1 aromatic rings. The van der Waals surface area contributed by atoms with Crippen LogP contribution in [-0.2, 0) is 34.1 Å². The number of amidine groups is 1. The molecule has 0 radical (unpaired) electrons. The van der Waals surface area contributed by atoms with E-state index < -0.39 is 74.9 Å². The minimum Gasteiger partial charge on any atom is -0.311 e. The predicted octanol–water partition coefficient (Wildman–Crippen LogP) is -0.270. The van der Waals surface area contributed by atoms with Gasteiger partial charge < -0.3 is 5.32 Å². The molecule has 35 heavy (non-hydrogen) atoms. The summed E-state index contributed by atoms with van der Waals surface area (Å²) < 4.78 is 33.4. The quantitative estimate of drug-likeness (QED) is 0.157. The van der Waals surface area contributed by atoms with Crippen molar-refractivity contribution < 1.29 is 36.9 Å². The average Bonchev–Trinajstić information content (AvgIpc) is 2.73. The van der Waals surface area contributed by atoms with Gasteiger partial charge in [-0.05, 0) is 24.6 Å². The number of aryl methyl sites for hydroxylation is 1. The Balaban J connectivity index is 1.93. The Hall–Kier alpha value is -4.56. The van der Waals surface area contributed by atoms with Gasteiger partial charge in [0.15, 0.2) is 11.6 Å². The smallest absolute Gasteiger partial charge is 0.296 e. The summed E-state index contributed by atoms with van der Waals surface area (Å²) in [6, 6.07) is -1.34. The first-order valence-electron chi connectivity index (χ1n) is 9.50. The molecule has 16 nitrogen and oxygen atoms in total. The highest BCUT2D eigenvalue weighted by Crippen LogP contribution is 2.33. The van der Waals surface area contributed by atoms with Gasteiger partial charge in [-0.3, -0.25) is 33.8 Å². The van der Waals surface area contributed by atoms with Gasteiger partial charge in [0.1, 0.15) is 16.4 Å². The lowest BCUT2D eigenvalue weighted by atomic mass is 10.1. The summed E-state index contributed by atoms with van der Waals surface area (Å²) in [6.07, 6.45) is 0.432. The molecule has 3 amide bonds. The molecule has 2 unspecified atom stereocenters. The van der Waals surface area contributed by atoms with Gasteiger partial charge in [0.2, 0.25) is 24.2 Å². The molecule has 0 saturated carbocycles. The summed E-state index contributed by atoms with van der Waals surface area (Å²) in [5, 5.41) is 27.1. The molecule has 0 aliphatic carbocycles. The van der Waals surface area contributed by atoms with E-state index in [4.69, 9.17) is 5.26 Å². The summed E-state index contributed by atoms with van der Waals surface area (Å²) in [7, 11) is -4.93. The lowest BCUT2D eigenvalue weighted by Crippen LogP contribution is -2.48. The second kappa shape index (κ2) is 9.74. The average molecular weight is 502 g/mol. The Morgan fingerprint density at radius 3 is 2.06 bits per heavy atom. The first kappa shape index (κ1) is 25.1. The van der Waals surface area contributed by atoms with Gasteiger partial charge in [0.25, 0.3) is 21.9 Å². The lowest BCUT2D eigenvalue weighted by Gasteiger charge is -2.17. The fraction of sp³-hybridized carbons (Fsp3) is 0.278. The third kappa shape index (κ3) is 5.69. The molecular formula is C18H14N8O8S. The molecule has 180 valence electrons. The van der Waals surface area contributed by atoms with Crippen molar-refractivity contribution in [3.63, 3.8) is 0 Å². The standard InChI is InChI=1S/C18H14N8O8S/c1-7-2-9(24-26-15-10(27)4-13(20-6-19)21-17(15)30)12(35(32,33)34)3-8(7)23-25-16-11(28)5-14(29)22-18(16)31/h2-3,15-16H,4-5H2,1H3,(H,20,21,30)(H,22,29,31)(H,32,33,34). The highest BCUT2D eigenvalue weighted by Gasteiger charge is 2.35. The van der Waals surface area contributed by atoms with Gasteiger partial charge >= 0.3 is 0 Å². The summed E-state index contributed by atoms with van der Waals surface area (Å²) in [4.78, 5) is 61.5. The fourth-order valence-electron chi connectivity index (χ4n) is 2.97. The van der Waals surface area contributed by atoms with Gasteiger partial charge in [-0.2, -0.15) is 39.1 Å². The van der Waals surface area contributed by atoms with Gasteiger partial charge in [-0.25, -0.2) is 0 Å². The summed E-state index contributed by atoms with van der Waals surface area (Å²) >= 11 is 0. The van der Waals surface area contributed by atoms with E-state index in [1.165, 1.54) is 13.1 Å². The first-order chi connectivity index (χ1) is 16.4. The summed E-state index contributed by atoms with van der Waals surface area (Å²) in [6.45, 7) is 1.43. The number of nitrogens with one attached hydrogen (secondary N) is 2. The SMILES string of the molecule is Cc1cc(N=NC2C(=O)CC(=NC#N)NC2=O)c(S(=O)(=O)O)cc1N=NC1C(=O)CC(=O)NC1=O. The maximum atomic E-state index is 12.1. The molecule has 2 aliphatic rings. The third-order valence-electron chi connectivity index (χ3n) is 4.62. The molecule has 2 heterocycles. The van der Waals surface area contributed by atoms with E-state index >= 15 is 0 Å². The van der Waals surface area contributed by atoms with Crippen molar-refractivity contribution >= 4 is 56.6 Å². The monoisotopic (exact) mass is 502 g/mol. The number of carbonyl (C=O) groups excluding carboxylic acids is 5. The number of azo groups is 2. The zero-order valence-electron chi connectivity index (χ0n) is 17.6. The number of hydrogen-bond acceptors (Lipinski definition) is 13. The van der Waals surface area contributed by atoms with Crippen LogP contribution in [0.1, 0.15) is 18.4 Å². The van der Waals surface area contributed by atoms with Crippen LogP contribution in [0, 0.1) is 18.4 Å². The van der Waals surface area contributed by atoms with E-state index in [2.05, 4.69) is 30.8 Å². The molecule has 0 aromatic heterocycles. The largest absolute Gasteiger partial charge is 0.311 e. The zero-order valence-corrected chi connectivity index (χ0v) is 18.4. The van der Waals surface area contributed by atoms with Crippen molar-refractivity contribution in [3.8, 4) is 6.19 Å². The molecule has 0 spiro atoms. The normalized spacial score (nSPS) is 22.5. The van der Waals surface area contributed by atoms with Gasteiger partial charge in [0.05, 0.1) is 18.5 Å². The maximum absolute atomic E-state index is 12.1. The van der Waals surface area contributed by atoms with E-state index in [1.807, 2.05) is 5.32 Å². The molecule has 3 N–H and O–H groups in total. The van der Waals surface area contributed by atoms with Crippen molar-refractivity contribution in [1.29, 1.82) is 5.26 Å². The van der Waals surface area contributed by atoms with Crippen LogP contribution >= 0.6 is 0 Å². The number of nitriles is 1. The van der Waals surface area contributed by atoms with Crippen LogP contribution in [0.3, 0.4) is 0 Å². The van der Waals surface area contributed by atoms with Crippen LogP contribution in [0.2, 0.25) is 0 Å². The van der Waals surface area contributed by atoms with E-state index in [0.717, 1.165) is 12.1 Å². The molecule has 3 rings (SSSR count). The van der Waals surface area contributed by atoms with Crippen LogP contribution in [0.4, 0.5) is 11.4 Å². The van der Waals surface area contributed by atoms with Crippen LogP contribution in [0.25, 0.3) is 0 Å². The van der Waals surface area contributed by atoms with E-state index in [-0.39, 0.29) is 17.1 Å². The van der Waals surface area contributed by atoms with Gasteiger partial charge in [0, 0.05) is 0 Å². The maximum Gasteiger partial charge on any atom is 0.296 e. The highest BCUT2D eigenvalue weighted by molar-refractivity contribution is 7.86. The molecule has 0 bridgehead atoms.